The summed E-state index contributed by atoms with van der Waals surface area (Å²) < 4.78 is 10.3. The minimum atomic E-state index is -0.460. The van der Waals surface area contributed by atoms with Crippen molar-refractivity contribution < 1.29 is 23.9 Å². The van der Waals surface area contributed by atoms with Crippen LogP contribution in [0.1, 0.15) is 29.8 Å². The molecular formula is C24H26N4O5S. The number of amides is 2. The van der Waals surface area contributed by atoms with Gasteiger partial charge in [0.25, 0.3) is 0 Å². The molecule has 9 nitrogen and oxygen atoms in total. The number of benzene rings is 1. The molecule has 3 heterocycles. The van der Waals surface area contributed by atoms with Crippen molar-refractivity contribution in [3.8, 4) is 17.0 Å². The number of nitrogens with zero attached hydrogens (tertiary/aromatic N) is 2. The molecule has 1 aliphatic rings. The molecule has 4 rings (SSSR count). The van der Waals surface area contributed by atoms with Gasteiger partial charge in [-0.2, -0.15) is 0 Å². The van der Waals surface area contributed by atoms with Crippen molar-refractivity contribution in [2.45, 2.75) is 19.3 Å². The number of carbonyl (C=O) groups excluding carboxylic acids is 3. The highest BCUT2D eigenvalue weighted by Gasteiger charge is 2.29. The first-order valence-corrected chi connectivity index (χ1v) is 11.9. The number of likely N-dealkylation sites (tertiary alicyclic amines) is 1. The summed E-state index contributed by atoms with van der Waals surface area (Å²) in [5.41, 5.74) is 1.70. The second-order valence-corrected chi connectivity index (χ2v) is 8.77. The Morgan fingerprint density at radius 2 is 2.09 bits per heavy atom. The van der Waals surface area contributed by atoms with Gasteiger partial charge in [0.05, 0.1) is 31.7 Å². The molecule has 0 spiro atoms. The van der Waals surface area contributed by atoms with Crippen molar-refractivity contribution in [2.75, 3.05) is 32.1 Å². The van der Waals surface area contributed by atoms with Crippen molar-refractivity contribution in [2.24, 2.45) is 5.92 Å². The van der Waals surface area contributed by atoms with Gasteiger partial charge in [0.1, 0.15) is 11.4 Å². The highest BCUT2D eigenvalue weighted by molar-refractivity contribution is 7.14. The molecule has 0 radical (unpaired) electrons. The second-order valence-electron chi connectivity index (χ2n) is 7.91. The van der Waals surface area contributed by atoms with E-state index in [9.17, 15) is 14.4 Å². The highest BCUT2D eigenvalue weighted by Crippen LogP contribution is 2.27. The molecule has 1 fully saturated rings. The van der Waals surface area contributed by atoms with Gasteiger partial charge in [-0.1, -0.05) is 18.2 Å². The molecule has 1 aliphatic heterocycles. The number of piperidine rings is 1. The number of carbonyl (C=O) groups is 3. The number of H-pyrrole nitrogens is 1. The molecule has 10 heteroatoms. The zero-order valence-electron chi connectivity index (χ0n) is 18.8. The first-order valence-electron chi connectivity index (χ1n) is 11.0. The van der Waals surface area contributed by atoms with Crippen LogP contribution in [-0.4, -0.2) is 59.5 Å². The van der Waals surface area contributed by atoms with Gasteiger partial charge in [0.2, 0.25) is 11.8 Å². The predicted octanol–water partition coefficient (Wildman–Crippen LogP) is 3.57. The number of hydrogen-bond donors (Lipinski definition) is 2. The minimum absolute atomic E-state index is 0.0150. The minimum Gasteiger partial charge on any atom is -0.493 e. The molecule has 2 amide bonds. The largest absolute Gasteiger partial charge is 0.493 e. The van der Waals surface area contributed by atoms with Gasteiger partial charge in [-0.15, -0.1) is 11.3 Å². The summed E-state index contributed by atoms with van der Waals surface area (Å²) in [7, 11) is 1.32. The molecule has 1 saturated heterocycles. The van der Waals surface area contributed by atoms with Crippen molar-refractivity contribution in [3.05, 3.63) is 53.7 Å². The number of ether oxygens (including phenoxy) is 2. The van der Waals surface area contributed by atoms with Gasteiger partial charge in [0, 0.05) is 30.2 Å². The third kappa shape index (κ3) is 5.82. The van der Waals surface area contributed by atoms with Crippen molar-refractivity contribution >= 4 is 34.3 Å². The molecule has 178 valence electrons. The van der Waals surface area contributed by atoms with Crippen molar-refractivity contribution in [3.63, 3.8) is 0 Å². The Labute approximate surface area is 201 Å². The van der Waals surface area contributed by atoms with Gasteiger partial charge in [-0.3, -0.25) is 9.59 Å². The van der Waals surface area contributed by atoms with Crippen LogP contribution in [0.3, 0.4) is 0 Å². The van der Waals surface area contributed by atoms with Crippen LogP contribution in [0.5, 0.6) is 5.75 Å². The zero-order chi connectivity index (χ0) is 23.9. The average molecular weight is 483 g/mol. The van der Waals surface area contributed by atoms with E-state index in [1.807, 2.05) is 35.7 Å². The SMILES string of the molecule is COC(=O)c1cc(-c2csc(NC(=O)C3CCCN(C(=O)CCOc4ccccc4)C3)n2)c[nH]1. The smallest absolute Gasteiger partial charge is 0.354 e. The summed E-state index contributed by atoms with van der Waals surface area (Å²) in [5, 5.41) is 5.15. The molecule has 2 aromatic heterocycles. The number of aromatic amines is 1. The standard InChI is InChI=1S/C24H26N4O5S/c1-32-23(31)19-12-17(13-25-19)20-15-34-24(26-20)27-22(30)16-6-5-10-28(14-16)21(29)9-11-33-18-7-3-2-4-8-18/h2-4,7-8,12-13,15-16,25H,5-6,9-11,14H2,1H3,(H,26,27,30). The van der Waals surface area contributed by atoms with Crippen molar-refractivity contribution in [1.29, 1.82) is 0 Å². The third-order valence-electron chi connectivity index (χ3n) is 5.59. The average Bonchev–Trinajstić information content (AvgIpc) is 3.54. The van der Waals surface area contributed by atoms with Crippen LogP contribution in [0, 0.1) is 5.92 Å². The number of anilines is 1. The number of thiazole rings is 1. The Hall–Kier alpha value is -3.66. The van der Waals surface area contributed by atoms with Gasteiger partial charge < -0.3 is 24.7 Å². The van der Waals surface area contributed by atoms with Gasteiger partial charge in [-0.25, -0.2) is 9.78 Å². The lowest BCUT2D eigenvalue weighted by atomic mass is 9.97. The van der Waals surface area contributed by atoms with Crippen LogP contribution in [0.4, 0.5) is 5.13 Å². The van der Waals surface area contributed by atoms with Crippen molar-refractivity contribution in [1.82, 2.24) is 14.9 Å². The Bertz CT molecular complexity index is 1140. The summed E-state index contributed by atoms with van der Waals surface area (Å²) in [6, 6.07) is 11.0. The maximum Gasteiger partial charge on any atom is 0.354 e. The molecule has 3 aromatic rings. The van der Waals surface area contributed by atoms with E-state index in [0.717, 1.165) is 17.7 Å². The number of aromatic nitrogens is 2. The lowest BCUT2D eigenvalue weighted by Crippen LogP contribution is -2.44. The molecule has 1 atom stereocenters. The number of nitrogens with one attached hydrogen (secondary N) is 2. The highest BCUT2D eigenvalue weighted by atomic mass is 32.1. The maximum atomic E-state index is 12.8. The molecule has 0 saturated carbocycles. The van der Waals surface area contributed by atoms with E-state index >= 15 is 0 Å². The van der Waals surface area contributed by atoms with E-state index in [4.69, 9.17) is 9.47 Å². The predicted molar refractivity (Wildman–Crippen MR) is 128 cm³/mol. The summed E-state index contributed by atoms with van der Waals surface area (Å²) in [6.07, 6.45) is 3.42. The summed E-state index contributed by atoms with van der Waals surface area (Å²) in [6.45, 7) is 1.33. The van der Waals surface area contributed by atoms with E-state index in [1.165, 1.54) is 18.4 Å². The normalized spacial score (nSPS) is 15.6. The zero-order valence-corrected chi connectivity index (χ0v) is 19.6. The molecule has 0 aliphatic carbocycles. The molecule has 1 unspecified atom stereocenters. The molecular weight excluding hydrogens is 456 g/mol. The number of esters is 1. The van der Waals surface area contributed by atoms with Crippen LogP contribution in [0.2, 0.25) is 0 Å². The second kappa shape index (κ2) is 11.0. The first kappa shape index (κ1) is 23.5. The fraction of sp³-hybridized carbons (Fsp3) is 0.333. The molecule has 0 bridgehead atoms. The van der Waals surface area contributed by atoms with Crippen LogP contribution >= 0.6 is 11.3 Å². The Balaban J connectivity index is 1.28. The maximum absolute atomic E-state index is 12.8. The van der Waals surface area contributed by atoms with Crippen LogP contribution in [-0.2, 0) is 14.3 Å². The van der Waals surface area contributed by atoms with Gasteiger partial charge in [0.15, 0.2) is 5.13 Å². The topological polar surface area (TPSA) is 114 Å². The lowest BCUT2D eigenvalue weighted by molar-refractivity contribution is -0.135. The van der Waals surface area contributed by atoms with E-state index in [2.05, 4.69) is 15.3 Å². The molecule has 2 N–H and O–H groups in total. The van der Waals surface area contributed by atoms with Gasteiger partial charge >= 0.3 is 5.97 Å². The first-order chi connectivity index (χ1) is 16.5. The van der Waals surface area contributed by atoms with Crippen LogP contribution in [0.15, 0.2) is 48.0 Å². The Morgan fingerprint density at radius 3 is 2.88 bits per heavy atom. The summed E-state index contributed by atoms with van der Waals surface area (Å²) >= 11 is 1.31. The Kier molecular flexibility index (Phi) is 7.58. The monoisotopic (exact) mass is 482 g/mol. The van der Waals surface area contributed by atoms with Gasteiger partial charge in [-0.05, 0) is 31.0 Å². The fourth-order valence-electron chi connectivity index (χ4n) is 3.79. The van der Waals surface area contributed by atoms with E-state index in [1.54, 1.807) is 17.2 Å². The number of hydrogen-bond acceptors (Lipinski definition) is 7. The van der Waals surface area contributed by atoms with Crippen LogP contribution in [0.25, 0.3) is 11.3 Å². The van der Waals surface area contributed by atoms with E-state index < -0.39 is 5.97 Å². The third-order valence-corrected chi connectivity index (χ3v) is 6.35. The fourth-order valence-corrected chi connectivity index (χ4v) is 4.51. The van der Waals surface area contributed by atoms with E-state index in [-0.39, 0.29) is 24.2 Å². The molecule has 1 aromatic carbocycles. The number of methoxy groups -OCH3 is 1. The van der Waals surface area contributed by atoms with Crippen LogP contribution < -0.4 is 10.1 Å². The summed E-state index contributed by atoms with van der Waals surface area (Å²) in [4.78, 5) is 46.1. The number of para-hydroxylation sites is 1. The Morgan fingerprint density at radius 1 is 1.26 bits per heavy atom. The quantitative estimate of drug-likeness (QED) is 0.475. The summed E-state index contributed by atoms with van der Waals surface area (Å²) in [5.74, 6) is -0.187. The lowest BCUT2D eigenvalue weighted by Gasteiger charge is -2.32. The molecule has 34 heavy (non-hydrogen) atoms. The number of rotatable bonds is 8. The van der Waals surface area contributed by atoms with E-state index in [0.29, 0.717) is 42.6 Å².